The van der Waals surface area contributed by atoms with E-state index in [-0.39, 0.29) is 19.0 Å². The lowest BCUT2D eigenvalue weighted by molar-refractivity contribution is 0.153. The maximum Gasteiger partial charge on any atom is 0.255 e. The summed E-state index contributed by atoms with van der Waals surface area (Å²) in [4.78, 5) is 1.38. The van der Waals surface area contributed by atoms with E-state index in [1.165, 1.54) is 4.90 Å². The molecule has 7 heteroatoms. The van der Waals surface area contributed by atoms with Crippen LogP contribution in [0.1, 0.15) is 11.1 Å². The van der Waals surface area contributed by atoms with E-state index in [2.05, 4.69) is 5.16 Å². The summed E-state index contributed by atoms with van der Waals surface area (Å²) >= 11 is 0. The lowest BCUT2D eigenvalue weighted by Crippen LogP contribution is -2.31. The van der Waals surface area contributed by atoms with Crippen molar-refractivity contribution in [3.63, 3.8) is 0 Å². The molecular weight excluding hydrogens is 256 g/mol. The number of nitrogens with two attached hydrogens (primary N) is 1. The SMILES string of the molecule is Cc1cc(N(CCO)CC(F)F)ccc1/C(N)=N/O. The smallest absolute Gasteiger partial charge is 0.255 e. The summed E-state index contributed by atoms with van der Waals surface area (Å²) in [6, 6.07) is 4.85. The molecule has 0 aliphatic carbocycles. The second-order valence-electron chi connectivity index (χ2n) is 4.05. The van der Waals surface area contributed by atoms with Crippen LogP contribution in [0.25, 0.3) is 0 Å². The molecule has 1 aromatic carbocycles. The van der Waals surface area contributed by atoms with Crippen LogP contribution in [0.4, 0.5) is 14.5 Å². The van der Waals surface area contributed by atoms with Crippen molar-refractivity contribution in [2.24, 2.45) is 10.9 Å². The lowest BCUT2D eigenvalue weighted by Gasteiger charge is -2.24. The minimum atomic E-state index is -2.49. The Bertz CT molecular complexity index is 453. The first-order valence-corrected chi connectivity index (χ1v) is 5.72. The predicted molar refractivity (Wildman–Crippen MR) is 69.0 cm³/mol. The van der Waals surface area contributed by atoms with E-state index >= 15 is 0 Å². The summed E-state index contributed by atoms with van der Waals surface area (Å²) in [6.45, 7) is 1.18. The van der Waals surface area contributed by atoms with Crippen LogP contribution in [-0.2, 0) is 0 Å². The Balaban J connectivity index is 3.02. The first-order valence-electron chi connectivity index (χ1n) is 5.72. The second kappa shape index (κ2) is 6.89. The maximum absolute atomic E-state index is 12.5. The molecule has 0 fully saturated rings. The zero-order chi connectivity index (χ0) is 14.4. The van der Waals surface area contributed by atoms with E-state index in [1.54, 1.807) is 25.1 Å². The monoisotopic (exact) mass is 273 g/mol. The minimum absolute atomic E-state index is 0.0355. The van der Waals surface area contributed by atoms with Crippen molar-refractivity contribution < 1.29 is 19.1 Å². The van der Waals surface area contributed by atoms with E-state index in [1.807, 2.05) is 0 Å². The number of amidine groups is 1. The van der Waals surface area contributed by atoms with Gasteiger partial charge in [-0.2, -0.15) is 0 Å². The van der Waals surface area contributed by atoms with Gasteiger partial charge in [-0.15, -0.1) is 0 Å². The first kappa shape index (κ1) is 15.2. The van der Waals surface area contributed by atoms with Crippen molar-refractivity contribution in [2.75, 3.05) is 24.6 Å². The van der Waals surface area contributed by atoms with Gasteiger partial charge in [0.05, 0.1) is 13.2 Å². The summed E-state index contributed by atoms with van der Waals surface area (Å²) in [5.74, 6) is -0.0355. The van der Waals surface area contributed by atoms with Crippen molar-refractivity contribution in [3.8, 4) is 0 Å². The number of benzene rings is 1. The van der Waals surface area contributed by atoms with Crippen LogP contribution in [0, 0.1) is 6.92 Å². The highest BCUT2D eigenvalue weighted by Gasteiger charge is 2.14. The van der Waals surface area contributed by atoms with Gasteiger partial charge in [0.15, 0.2) is 5.84 Å². The summed E-state index contributed by atoms with van der Waals surface area (Å²) < 4.78 is 24.9. The highest BCUT2D eigenvalue weighted by molar-refractivity contribution is 5.98. The van der Waals surface area contributed by atoms with Gasteiger partial charge in [-0.3, -0.25) is 0 Å². The molecule has 0 atom stereocenters. The standard InChI is InChI=1S/C12H17F2N3O2/c1-8-6-9(2-3-10(8)12(15)16-19)17(4-5-18)7-11(13)14/h2-3,6,11,18-19H,4-5,7H2,1H3,(H2,15,16). The largest absolute Gasteiger partial charge is 0.409 e. The van der Waals surface area contributed by atoms with Crippen molar-refractivity contribution >= 4 is 11.5 Å². The molecule has 1 rings (SSSR count). The quantitative estimate of drug-likeness (QED) is 0.314. The van der Waals surface area contributed by atoms with Gasteiger partial charge < -0.3 is 20.9 Å². The Hall–Kier alpha value is -1.89. The van der Waals surface area contributed by atoms with E-state index in [4.69, 9.17) is 16.0 Å². The third-order valence-electron chi connectivity index (χ3n) is 2.69. The summed E-state index contributed by atoms with van der Waals surface area (Å²) in [7, 11) is 0. The number of aliphatic hydroxyl groups excluding tert-OH is 1. The molecule has 4 N–H and O–H groups in total. The topological polar surface area (TPSA) is 82.1 Å². The average Bonchev–Trinajstić information content (AvgIpc) is 2.36. The van der Waals surface area contributed by atoms with Crippen molar-refractivity contribution in [1.82, 2.24) is 0 Å². The van der Waals surface area contributed by atoms with Gasteiger partial charge in [0, 0.05) is 17.8 Å². The number of anilines is 1. The normalized spacial score (nSPS) is 11.9. The molecule has 0 aromatic heterocycles. The molecule has 0 saturated carbocycles. The molecule has 0 unspecified atom stereocenters. The van der Waals surface area contributed by atoms with E-state index in [0.29, 0.717) is 16.8 Å². The minimum Gasteiger partial charge on any atom is -0.409 e. The van der Waals surface area contributed by atoms with Crippen LogP contribution in [-0.4, -0.2) is 42.3 Å². The van der Waals surface area contributed by atoms with Gasteiger partial charge in [-0.05, 0) is 30.7 Å². The van der Waals surface area contributed by atoms with Crippen molar-refractivity contribution in [2.45, 2.75) is 13.3 Å². The average molecular weight is 273 g/mol. The third kappa shape index (κ3) is 4.06. The molecule has 0 aliphatic heterocycles. The number of nitrogens with zero attached hydrogens (tertiary/aromatic N) is 2. The number of alkyl halides is 2. The van der Waals surface area contributed by atoms with Gasteiger partial charge in [-0.25, -0.2) is 8.78 Å². The number of rotatable bonds is 6. The van der Waals surface area contributed by atoms with Crippen molar-refractivity contribution in [1.29, 1.82) is 0 Å². The lowest BCUT2D eigenvalue weighted by atomic mass is 10.1. The van der Waals surface area contributed by atoms with Gasteiger partial charge in [0.1, 0.15) is 0 Å². The number of aliphatic hydroxyl groups is 1. The van der Waals surface area contributed by atoms with Gasteiger partial charge >= 0.3 is 0 Å². The number of halogens is 2. The molecule has 1 aromatic rings. The number of aryl methyl sites for hydroxylation is 1. The fraction of sp³-hybridized carbons (Fsp3) is 0.417. The van der Waals surface area contributed by atoms with Crippen LogP contribution in [0.5, 0.6) is 0 Å². The maximum atomic E-state index is 12.5. The molecule has 0 spiro atoms. The third-order valence-corrected chi connectivity index (χ3v) is 2.69. The van der Waals surface area contributed by atoms with Crippen molar-refractivity contribution in [3.05, 3.63) is 29.3 Å². The van der Waals surface area contributed by atoms with Crippen LogP contribution >= 0.6 is 0 Å². The first-order chi connectivity index (χ1) is 8.99. The summed E-state index contributed by atoms with van der Waals surface area (Å²) in [5, 5.41) is 20.4. The Kier molecular flexibility index (Phi) is 5.50. The summed E-state index contributed by atoms with van der Waals surface area (Å²) in [5.41, 5.74) is 7.28. The van der Waals surface area contributed by atoms with E-state index in [9.17, 15) is 8.78 Å². The Morgan fingerprint density at radius 3 is 2.63 bits per heavy atom. The fourth-order valence-corrected chi connectivity index (χ4v) is 1.80. The highest BCUT2D eigenvalue weighted by Crippen LogP contribution is 2.20. The molecular formula is C12H17F2N3O2. The molecule has 0 aliphatic rings. The van der Waals surface area contributed by atoms with Crippen LogP contribution in [0.2, 0.25) is 0 Å². The van der Waals surface area contributed by atoms with E-state index < -0.39 is 13.0 Å². The summed E-state index contributed by atoms with van der Waals surface area (Å²) in [6.07, 6.45) is -2.49. The van der Waals surface area contributed by atoms with Crippen LogP contribution < -0.4 is 10.6 Å². The fourth-order valence-electron chi connectivity index (χ4n) is 1.80. The Morgan fingerprint density at radius 2 is 2.16 bits per heavy atom. The zero-order valence-corrected chi connectivity index (χ0v) is 10.6. The molecule has 0 bridgehead atoms. The Labute approximate surface area is 109 Å². The molecule has 0 amide bonds. The van der Waals surface area contributed by atoms with E-state index in [0.717, 1.165) is 0 Å². The van der Waals surface area contributed by atoms with Crippen LogP contribution in [0.15, 0.2) is 23.4 Å². The molecule has 19 heavy (non-hydrogen) atoms. The highest BCUT2D eigenvalue weighted by atomic mass is 19.3. The van der Waals surface area contributed by atoms with Crippen LogP contribution in [0.3, 0.4) is 0 Å². The molecule has 5 nitrogen and oxygen atoms in total. The number of hydrogen-bond acceptors (Lipinski definition) is 4. The van der Waals surface area contributed by atoms with Gasteiger partial charge in [-0.1, -0.05) is 5.16 Å². The van der Waals surface area contributed by atoms with Gasteiger partial charge in [0.2, 0.25) is 0 Å². The number of hydrogen-bond donors (Lipinski definition) is 3. The Morgan fingerprint density at radius 1 is 1.47 bits per heavy atom. The molecule has 0 saturated heterocycles. The second-order valence-corrected chi connectivity index (χ2v) is 4.05. The molecule has 0 heterocycles. The molecule has 106 valence electrons. The predicted octanol–water partition coefficient (Wildman–Crippen LogP) is 1.15. The zero-order valence-electron chi connectivity index (χ0n) is 10.6. The number of oxime groups is 1. The molecule has 0 radical (unpaired) electrons. The van der Waals surface area contributed by atoms with Gasteiger partial charge in [0.25, 0.3) is 6.43 Å².